The summed E-state index contributed by atoms with van der Waals surface area (Å²) in [5, 5.41) is 9.59. The molecule has 0 bridgehead atoms. The number of hydrogen-bond donors (Lipinski definition) is 1. The lowest BCUT2D eigenvalue weighted by Crippen LogP contribution is -2.63. The van der Waals surface area contributed by atoms with Crippen molar-refractivity contribution in [2.24, 2.45) is 56.7 Å². The van der Waals surface area contributed by atoms with Gasteiger partial charge in [-0.3, -0.25) is 14.4 Å². The predicted octanol–water partition coefficient (Wildman–Crippen LogP) is 9.64. The highest BCUT2D eigenvalue weighted by molar-refractivity contribution is 6.00. The molecule has 6 rings (SSSR count). The van der Waals surface area contributed by atoms with Gasteiger partial charge in [0.15, 0.2) is 5.78 Å². The number of ketones is 1. The normalized spacial score (nSPS) is 39.3. The van der Waals surface area contributed by atoms with E-state index >= 15 is 0 Å². The molecule has 0 spiro atoms. The third-order valence-corrected chi connectivity index (χ3v) is 16.3. The first kappa shape index (κ1) is 37.1. The number of carbonyl (C=O) groups excluding carboxylic acids is 2. The quantitative estimate of drug-likeness (QED) is 0.244. The van der Waals surface area contributed by atoms with Gasteiger partial charge in [-0.2, -0.15) is 0 Å². The van der Waals surface area contributed by atoms with Crippen molar-refractivity contribution in [2.75, 3.05) is 13.6 Å². The van der Waals surface area contributed by atoms with Gasteiger partial charge in [0.1, 0.15) is 6.10 Å². The zero-order valence-corrected chi connectivity index (χ0v) is 32.6. The maximum Gasteiger partial charge on any atom is 0.309 e. The summed E-state index contributed by atoms with van der Waals surface area (Å²) in [4.78, 5) is 41.4. The molecule has 5 fully saturated rings. The first-order chi connectivity index (χ1) is 22.9. The van der Waals surface area contributed by atoms with Gasteiger partial charge < -0.3 is 14.7 Å². The van der Waals surface area contributed by atoms with Crippen LogP contribution < -0.4 is 0 Å². The molecule has 6 aliphatic carbocycles. The smallest absolute Gasteiger partial charge is 0.309 e. The van der Waals surface area contributed by atoms with Crippen LogP contribution in [0.2, 0.25) is 0 Å². The Balaban J connectivity index is 1.23. The number of rotatable bonds is 9. The number of hydrogen-bond acceptors (Lipinski definition) is 5. The van der Waals surface area contributed by atoms with E-state index < -0.39 is 11.4 Å². The lowest BCUT2D eigenvalue weighted by Gasteiger charge is -2.69. The van der Waals surface area contributed by atoms with Crippen LogP contribution in [0.3, 0.4) is 0 Å². The number of nitrogens with zero attached hydrogens (tertiary/aromatic N) is 1. The third-order valence-electron chi connectivity index (χ3n) is 16.3. The Morgan fingerprint density at radius 1 is 0.898 bits per heavy atom. The summed E-state index contributed by atoms with van der Waals surface area (Å²) >= 11 is 0. The molecule has 0 aromatic rings. The molecule has 6 heteroatoms. The van der Waals surface area contributed by atoms with Crippen LogP contribution in [0.4, 0.5) is 0 Å². The van der Waals surface area contributed by atoms with Gasteiger partial charge in [-0.15, -0.1) is 0 Å². The van der Waals surface area contributed by atoms with Gasteiger partial charge in [0.25, 0.3) is 0 Å². The largest absolute Gasteiger partial charge is 0.481 e. The fourth-order valence-corrected chi connectivity index (χ4v) is 13.7. The SMILES string of the molecule is CC(C)C1=C2C3CCC4C(C)(CCC5C(C)(C)C(OC(=O)CC(C)(C)C(=O)O)CCC54C)C3CCC2(CCN(C)C2CCCCC2)CC1=O. The Bertz CT molecular complexity index is 1340. The van der Waals surface area contributed by atoms with E-state index in [9.17, 15) is 19.5 Å². The van der Waals surface area contributed by atoms with Crippen molar-refractivity contribution < 1.29 is 24.2 Å². The van der Waals surface area contributed by atoms with E-state index in [0.29, 0.717) is 35.5 Å². The van der Waals surface area contributed by atoms with Crippen LogP contribution in [0.15, 0.2) is 11.1 Å². The van der Waals surface area contributed by atoms with Gasteiger partial charge >= 0.3 is 11.9 Å². The van der Waals surface area contributed by atoms with E-state index in [0.717, 1.165) is 38.6 Å². The van der Waals surface area contributed by atoms with E-state index in [-0.39, 0.29) is 46.1 Å². The van der Waals surface area contributed by atoms with Crippen molar-refractivity contribution in [3.63, 3.8) is 0 Å². The van der Waals surface area contributed by atoms with E-state index in [1.165, 1.54) is 69.8 Å². The zero-order valence-electron chi connectivity index (χ0n) is 32.6. The lowest BCUT2D eigenvalue weighted by molar-refractivity contribution is -0.214. The number of carboxylic acids is 1. The number of allylic oxidation sites excluding steroid dienone is 2. The van der Waals surface area contributed by atoms with Gasteiger partial charge in [0, 0.05) is 23.3 Å². The molecule has 0 aromatic carbocycles. The van der Waals surface area contributed by atoms with Crippen molar-refractivity contribution in [3.05, 3.63) is 11.1 Å². The van der Waals surface area contributed by atoms with Crippen LogP contribution in [0.1, 0.15) is 158 Å². The van der Waals surface area contributed by atoms with Crippen LogP contribution in [-0.4, -0.2) is 53.5 Å². The Hall–Kier alpha value is -1.69. The fraction of sp³-hybridized carbons (Fsp3) is 0.884. The minimum absolute atomic E-state index is 0.0597. The maximum absolute atomic E-state index is 14.0. The molecule has 0 radical (unpaired) electrons. The summed E-state index contributed by atoms with van der Waals surface area (Å²) in [5.41, 5.74) is 2.00. The summed E-state index contributed by atoms with van der Waals surface area (Å²) in [6.07, 6.45) is 17.4. The molecule has 0 amide bonds. The number of carbonyl (C=O) groups is 3. The Labute approximate surface area is 297 Å². The van der Waals surface area contributed by atoms with Crippen LogP contribution in [-0.2, 0) is 19.1 Å². The lowest BCUT2D eigenvalue weighted by atomic mass is 9.36. The topological polar surface area (TPSA) is 83.9 Å². The minimum atomic E-state index is -1.13. The summed E-state index contributed by atoms with van der Waals surface area (Å²) in [7, 11) is 2.35. The highest BCUT2D eigenvalue weighted by Gasteiger charge is 2.66. The highest BCUT2D eigenvalue weighted by Crippen LogP contribution is 2.73. The first-order valence-corrected chi connectivity index (χ1v) is 20.3. The monoisotopic (exact) mass is 680 g/mol. The average Bonchev–Trinajstić information content (AvgIpc) is 3.33. The van der Waals surface area contributed by atoms with Crippen molar-refractivity contribution in [1.82, 2.24) is 4.90 Å². The Morgan fingerprint density at radius 2 is 1.57 bits per heavy atom. The second-order valence-electron chi connectivity index (χ2n) is 20.1. The number of Topliss-reactive ketones (excluding diaryl/α,β-unsaturated/α-hetero) is 1. The first-order valence-electron chi connectivity index (χ1n) is 20.3. The van der Waals surface area contributed by atoms with Crippen LogP contribution in [0.5, 0.6) is 0 Å². The third kappa shape index (κ3) is 6.18. The van der Waals surface area contributed by atoms with Crippen LogP contribution in [0, 0.1) is 56.7 Å². The number of esters is 1. The Morgan fingerprint density at radius 3 is 2.22 bits per heavy atom. The molecule has 6 aliphatic rings. The molecule has 0 heterocycles. The molecule has 0 aromatic heterocycles. The summed E-state index contributed by atoms with van der Waals surface area (Å²) < 4.78 is 6.17. The predicted molar refractivity (Wildman–Crippen MR) is 195 cm³/mol. The van der Waals surface area contributed by atoms with Crippen molar-refractivity contribution in [3.8, 4) is 0 Å². The van der Waals surface area contributed by atoms with E-state index in [4.69, 9.17) is 4.74 Å². The van der Waals surface area contributed by atoms with E-state index in [1.807, 2.05) is 0 Å². The van der Waals surface area contributed by atoms with Crippen molar-refractivity contribution >= 4 is 17.7 Å². The number of carboxylic acid groups (broad SMARTS) is 1. The van der Waals surface area contributed by atoms with Crippen LogP contribution >= 0.6 is 0 Å². The average molecular weight is 680 g/mol. The van der Waals surface area contributed by atoms with Crippen molar-refractivity contribution in [1.29, 1.82) is 0 Å². The number of aliphatic carboxylic acids is 1. The summed E-state index contributed by atoms with van der Waals surface area (Å²) in [5.74, 6) is 1.62. The number of ether oxygens (including phenoxy) is 1. The zero-order chi connectivity index (χ0) is 35.7. The highest BCUT2D eigenvalue weighted by atomic mass is 16.5. The minimum Gasteiger partial charge on any atom is -0.481 e. The van der Waals surface area contributed by atoms with Gasteiger partial charge in [-0.05, 0) is 144 Å². The van der Waals surface area contributed by atoms with E-state index in [2.05, 4.69) is 53.5 Å². The van der Waals surface area contributed by atoms with Gasteiger partial charge in [0.05, 0.1) is 11.8 Å². The molecular formula is C43H69NO5. The van der Waals surface area contributed by atoms with Crippen LogP contribution in [0.25, 0.3) is 0 Å². The molecule has 6 nitrogen and oxygen atoms in total. The molecule has 0 saturated heterocycles. The standard InChI is InChI=1S/C43H69NO5/c1-27(2)36-31(45)25-43(23-24-44(9)28-13-11-10-12-14-28)22-17-30-29(37(36)43)15-16-33-41(30,7)20-18-32-40(5,6)34(19-21-42(32,33)8)49-35(46)26-39(3,4)38(47)48/h27-30,32-34H,10-26H2,1-9H3,(H,47,48). The van der Waals surface area contributed by atoms with Gasteiger partial charge in [0.2, 0.25) is 0 Å². The van der Waals surface area contributed by atoms with E-state index in [1.54, 1.807) is 19.4 Å². The van der Waals surface area contributed by atoms with Gasteiger partial charge in [-0.25, -0.2) is 0 Å². The maximum atomic E-state index is 14.0. The molecule has 8 atom stereocenters. The molecule has 1 N–H and O–H groups in total. The molecule has 276 valence electrons. The summed E-state index contributed by atoms with van der Waals surface area (Å²) in [6.45, 7) is 18.7. The van der Waals surface area contributed by atoms with Crippen molar-refractivity contribution in [2.45, 2.75) is 170 Å². The van der Waals surface area contributed by atoms with Gasteiger partial charge in [-0.1, -0.05) is 66.4 Å². The number of fused-ring (bicyclic) bond motifs is 7. The summed E-state index contributed by atoms with van der Waals surface area (Å²) in [6, 6.07) is 0.709. The molecule has 5 saturated carbocycles. The molecular weight excluding hydrogens is 610 g/mol. The fourth-order valence-electron chi connectivity index (χ4n) is 13.7. The molecule has 8 unspecified atom stereocenters. The Kier molecular flexibility index (Phi) is 9.89. The molecule has 49 heavy (non-hydrogen) atoms. The second kappa shape index (κ2) is 13.1. The second-order valence-corrected chi connectivity index (χ2v) is 20.1. The molecule has 0 aliphatic heterocycles.